The molecular formula is C15H18F2O2. The van der Waals surface area contributed by atoms with Crippen molar-refractivity contribution in [3.63, 3.8) is 0 Å². The van der Waals surface area contributed by atoms with E-state index in [1.807, 2.05) is 0 Å². The lowest BCUT2D eigenvalue weighted by molar-refractivity contribution is 0.0660. The molecule has 104 valence electrons. The molecule has 0 aliphatic heterocycles. The minimum Gasteiger partial charge on any atom is -0.478 e. The zero-order valence-corrected chi connectivity index (χ0v) is 10.7. The Morgan fingerprint density at radius 2 is 1.79 bits per heavy atom. The number of rotatable bonds is 4. The van der Waals surface area contributed by atoms with Crippen LogP contribution in [0, 0.1) is 5.92 Å². The summed E-state index contributed by atoms with van der Waals surface area (Å²) in [6.07, 6.45) is 2.04. The van der Waals surface area contributed by atoms with E-state index in [-0.39, 0.29) is 17.0 Å². The molecule has 2 nitrogen and oxygen atoms in total. The summed E-state index contributed by atoms with van der Waals surface area (Å²) in [5.74, 6) is -2.18. The maximum Gasteiger partial charge on any atom is 0.335 e. The molecule has 1 atom stereocenters. The number of alkyl halides is 2. The predicted octanol–water partition coefficient (Wildman–Crippen LogP) is 4.31. The highest BCUT2D eigenvalue weighted by molar-refractivity contribution is 5.89. The fraction of sp³-hybridized carbons (Fsp3) is 0.533. The highest BCUT2D eigenvalue weighted by Gasteiger charge is 2.34. The fourth-order valence-electron chi connectivity index (χ4n) is 3.07. The van der Waals surface area contributed by atoms with Crippen LogP contribution in [0.5, 0.6) is 0 Å². The summed E-state index contributed by atoms with van der Waals surface area (Å²) in [6.45, 7) is 0. The molecule has 1 aromatic carbocycles. The molecule has 4 heteroatoms. The Balaban J connectivity index is 2.35. The lowest BCUT2D eigenvalue weighted by Gasteiger charge is -2.30. The maximum atomic E-state index is 13.4. The Kier molecular flexibility index (Phi) is 4.51. The Labute approximate surface area is 111 Å². The van der Waals surface area contributed by atoms with Gasteiger partial charge in [-0.2, -0.15) is 0 Å². The molecule has 0 amide bonds. The molecule has 0 radical (unpaired) electrons. The molecule has 0 heterocycles. The van der Waals surface area contributed by atoms with Gasteiger partial charge in [0.15, 0.2) is 0 Å². The largest absolute Gasteiger partial charge is 0.478 e. The van der Waals surface area contributed by atoms with Gasteiger partial charge in [0.05, 0.1) is 5.56 Å². The minimum absolute atomic E-state index is 0.0124. The van der Waals surface area contributed by atoms with Crippen LogP contribution in [0.25, 0.3) is 0 Å². The van der Waals surface area contributed by atoms with E-state index in [1.165, 1.54) is 12.1 Å². The first kappa shape index (κ1) is 14.0. The van der Waals surface area contributed by atoms with E-state index in [0.29, 0.717) is 0 Å². The van der Waals surface area contributed by atoms with Crippen LogP contribution in [-0.4, -0.2) is 17.5 Å². The van der Waals surface area contributed by atoms with Gasteiger partial charge in [0.1, 0.15) is 0 Å². The van der Waals surface area contributed by atoms with Gasteiger partial charge in [0.25, 0.3) is 0 Å². The number of halogens is 2. The van der Waals surface area contributed by atoms with Crippen LogP contribution in [0.3, 0.4) is 0 Å². The summed E-state index contributed by atoms with van der Waals surface area (Å²) in [6, 6.07) is 6.17. The van der Waals surface area contributed by atoms with Gasteiger partial charge in [0.2, 0.25) is 6.43 Å². The Morgan fingerprint density at radius 1 is 1.16 bits per heavy atom. The van der Waals surface area contributed by atoms with E-state index in [0.717, 1.165) is 32.1 Å². The second-order valence-corrected chi connectivity index (χ2v) is 5.15. The van der Waals surface area contributed by atoms with Crippen molar-refractivity contribution < 1.29 is 18.7 Å². The molecule has 0 aromatic heterocycles. The fourth-order valence-corrected chi connectivity index (χ4v) is 3.07. The van der Waals surface area contributed by atoms with Crippen molar-refractivity contribution in [2.45, 2.75) is 44.4 Å². The molecule has 19 heavy (non-hydrogen) atoms. The first-order chi connectivity index (χ1) is 9.11. The summed E-state index contributed by atoms with van der Waals surface area (Å²) >= 11 is 0. The molecule has 1 aliphatic rings. The third kappa shape index (κ3) is 3.11. The average Bonchev–Trinajstić information content (AvgIpc) is 2.40. The molecular weight excluding hydrogens is 250 g/mol. The van der Waals surface area contributed by atoms with E-state index in [9.17, 15) is 13.6 Å². The standard InChI is InChI=1S/C15H18F2O2/c16-14(17)13(10-6-2-1-3-7-10)11-8-4-5-9-12(11)15(18)19/h4-5,8-10,13-14H,1-3,6-7H2,(H,18,19). The van der Waals surface area contributed by atoms with Crippen molar-refractivity contribution in [3.05, 3.63) is 35.4 Å². The van der Waals surface area contributed by atoms with Crippen LogP contribution in [0.4, 0.5) is 8.78 Å². The van der Waals surface area contributed by atoms with Gasteiger partial charge in [-0.1, -0.05) is 37.5 Å². The number of carboxylic acid groups (broad SMARTS) is 1. The lowest BCUT2D eigenvalue weighted by Crippen LogP contribution is -2.24. The average molecular weight is 268 g/mol. The zero-order valence-electron chi connectivity index (χ0n) is 10.7. The Hall–Kier alpha value is -1.45. The molecule has 1 saturated carbocycles. The Bertz CT molecular complexity index is 440. The molecule has 1 aromatic rings. The third-order valence-electron chi connectivity index (χ3n) is 3.98. The number of hydrogen-bond acceptors (Lipinski definition) is 1. The summed E-state index contributed by atoms with van der Waals surface area (Å²) in [7, 11) is 0. The van der Waals surface area contributed by atoms with Gasteiger partial charge < -0.3 is 5.11 Å². The van der Waals surface area contributed by atoms with E-state index in [2.05, 4.69) is 0 Å². The van der Waals surface area contributed by atoms with Crippen molar-refractivity contribution in [1.29, 1.82) is 0 Å². The number of carbonyl (C=O) groups is 1. The minimum atomic E-state index is -2.51. The van der Waals surface area contributed by atoms with Crippen LogP contribution in [0.15, 0.2) is 24.3 Å². The van der Waals surface area contributed by atoms with E-state index < -0.39 is 18.3 Å². The number of aromatic carboxylic acids is 1. The van der Waals surface area contributed by atoms with E-state index >= 15 is 0 Å². The second-order valence-electron chi connectivity index (χ2n) is 5.15. The molecule has 2 rings (SSSR count). The maximum absolute atomic E-state index is 13.4. The normalized spacial score (nSPS) is 18.5. The van der Waals surface area contributed by atoms with Crippen LogP contribution in [0.2, 0.25) is 0 Å². The van der Waals surface area contributed by atoms with Gasteiger partial charge in [-0.3, -0.25) is 0 Å². The second kappa shape index (κ2) is 6.13. The Morgan fingerprint density at radius 3 is 2.37 bits per heavy atom. The summed E-state index contributed by atoms with van der Waals surface area (Å²) in [5, 5.41) is 9.15. The van der Waals surface area contributed by atoms with E-state index in [1.54, 1.807) is 12.1 Å². The van der Waals surface area contributed by atoms with E-state index in [4.69, 9.17) is 5.11 Å². The molecule has 0 bridgehead atoms. The van der Waals surface area contributed by atoms with Crippen molar-refractivity contribution in [3.8, 4) is 0 Å². The quantitative estimate of drug-likeness (QED) is 0.883. The highest BCUT2D eigenvalue weighted by atomic mass is 19.3. The first-order valence-corrected chi connectivity index (χ1v) is 6.71. The molecule has 1 fully saturated rings. The zero-order chi connectivity index (χ0) is 13.8. The molecule has 1 N–H and O–H groups in total. The topological polar surface area (TPSA) is 37.3 Å². The van der Waals surface area contributed by atoms with Gasteiger partial charge in [0, 0.05) is 5.92 Å². The first-order valence-electron chi connectivity index (χ1n) is 6.71. The van der Waals surface area contributed by atoms with Crippen LogP contribution >= 0.6 is 0 Å². The summed E-state index contributed by atoms with van der Waals surface area (Å²) in [5.41, 5.74) is 0.301. The van der Waals surface area contributed by atoms with Gasteiger partial charge in [-0.15, -0.1) is 0 Å². The number of benzene rings is 1. The van der Waals surface area contributed by atoms with Crippen LogP contribution in [-0.2, 0) is 0 Å². The lowest BCUT2D eigenvalue weighted by atomic mass is 9.76. The smallest absolute Gasteiger partial charge is 0.335 e. The summed E-state index contributed by atoms with van der Waals surface area (Å²) in [4.78, 5) is 11.2. The van der Waals surface area contributed by atoms with Crippen molar-refractivity contribution >= 4 is 5.97 Å². The van der Waals surface area contributed by atoms with Crippen molar-refractivity contribution in [2.24, 2.45) is 5.92 Å². The monoisotopic (exact) mass is 268 g/mol. The van der Waals surface area contributed by atoms with Gasteiger partial charge in [-0.05, 0) is 30.4 Å². The molecule has 1 aliphatic carbocycles. The van der Waals surface area contributed by atoms with Crippen molar-refractivity contribution in [1.82, 2.24) is 0 Å². The molecule has 0 saturated heterocycles. The van der Waals surface area contributed by atoms with Crippen LogP contribution < -0.4 is 0 Å². The highest BCUT2D eigenvalue weighted by Crippen LogP contribution is 2.40. The molecule has 1 unspecified atom stereocenters. The number of hydrogen-bond donors (Lipinski definition) is 1. The van der Waals surface area contributed by atoms with Gasteiger partial charge >= 0.3 is 5.97 Å². The van der Waals surface area contributed by atoms with Gasteiger partial charge in [-0.25, -0.2) is 13.6 Å². The van der Waals surface area contributed by atoms with Crippen molar-refractivity contribution in [2.75, 3.05) is 0 Å². The third-order valence-corrected chi connectivity index (χ3v) is 3.98. The summed E-state index contributed by atoms with van der Waals surface area (Å²) < 4.78 is 26.8. The predicted molar refractivity (Wildman–Crippen MR) is 68.7 cm³/mol. The van der Waals surface area contributed by atoms with Crippen LogP contribution in [0.1, 0.15) is 53.9 Å². The number of carboxylic acids is 1. The molecule has 0 spiro atoms. The SMILES string of the molecule is O=C(O)c1ccccc1C(C(F)F)C1CCCCC1.